The first-order valence-corrected chi connectivity index (χ1v) is 4.24. The van der Waals surface area contributed by atoms with Gasteiger partial charge in [0.05, 0.1) is 0 Å². The average molecular weight is 160 g/mol. The van der Waals surface area contributed by atoms with Gasteiger partial charge in [-0.25, -0.2) is 0 Å². The smallest absolute Gasteiger partial charge is 0.129 e. The highest BCUT2D eigenvalue weighted by Gasteiger charge is 2.06. The van der Waals surface area contributed by atoms with E-state index in [1.807, 2.05) is 18.2 Å². The molecule has 0 fully saturated rings. The van der Waals surface area contributed by atoms with Crippen LogP contribution in [0.2, 0.25) is 0 Å². The van der Waals surface area contributed by atoms with Crippen LogP contribution in [0.1, 0.15) is 24.7 Å². The number of benzene rings is 1. The summed E-state index contributed by atoms with van der Waals surface area (Å²) >= 11 is 0. The van der Waals surface area contributed by atoms with Crippen LogP contribution in [0.4, 0.5) is 0 Å². The van der Waals surface area contributed by atoms with Crippen LogP contribution in [0.3, 0.4) is 0 Å². The van der Waals surface area contributed by atoms with Crippen LogP contribution in [0, 0.1) is 0 Å². The predicted octanol–water partition coefficient (Wildman–Crippen LogP) is 1.34. The van der Waals surface area contributed by atoms with Crippen molar-refractivity contribution in [3.8, 4) is 0 Å². The van der Waals surface area contributed by atoms with E-state index in [-0.39, 0.29) is 5.78 Å². The second kappa shape index (κ2) is 4.10. The van der Waals surface area contributed by atoms with Crippen molar-refractivity contribution < 1.29 is 4.79 Å². The first kappa shape index (κ1) is 9.05. The van der Waals surface area contributed by atoms with Gasteiger partial charge in [-0.05, 0) is 12.7 Å². The Morgan fingerprint density at radius 1 is 1.42 bits per heavy atom. The lowest BCUT2D eigenvalue weighted by Crippen LogP contribution is -2.03. The van der Waals surface area contributed by atoms with E-state index < -0.39 is 0 Å². The fourth-order valence-corrected chi connectivity index (χ4v) is 1.33. The first-order chi connectivity index (χ1) is 5.70. The summed E-state index contributed by atoms with van der Waals surface area (Å²) in [6.45, 7) is 1.64. The van der Waals surface area contributed by atoms with Crippen molar-refractivity contribution in [2.45, 2.75) is 19.2 Å². The number of carbonyl (C=O) groups excluding carboxylic acids is 1. The van der Waals surface area contributed by atoms with Crippen molar-refractivity contribution in [3.05, 3.63) is 35.9 Å². The summed E-state index contributed by atoms with van der Waals surface area (Å²) in [5.74, 6) is 0.607. The Kier molecular flexibility index (Phi) is 3.09. The summed E-state index contributed by atoms with van der Waals surface area (Å²) in [7, 11) is 2.08. The van der Waals surface area contributed by atoms with Gasteiger partial charge in [-0.1, -0.05) is 35.9 Å². The van der Waals surface area contributed by atoms with Gasteiger partial charge < -0.3 is 4.79 Å². The molecule has 0 aromatic heterocycles. The highest BCUT2D eigenvalue weighted by atomic mass is 16.1. The van der Waals surface area contributed by atoms with Gasteiger partial charge >= 0.3 is 0 Å². The van der Waals surface area contributed by atoms with Crippen LogP contribution in [0.15, 0.2) is 30.3 Å². The summed E-state index contributed by atoms with van der Waals surface area (Å²) in [6, 6.07) is 10.1. The molecule has 0 N–H and O–H groups in total. The zero-order valence-corrected chi connectivity index (χ0v) is 7.58. The standard InChI is InChI=1S/C10H13BO/c1-8(12)7-10(11)9-5-3-2-4-6-9/h2-6,10H,7,11H2,1H3. The van der Waals surface area contributed by atoms with E-state index in [0.717, 1.165) is 0 Å². The van der Waals surface area contributed by atoms with Crippen molar-refractivity contribution in [1.82, 2.24) is 0 Å². The van der Waals surface area contributed by atoms with E-state index in [1.54, 1.807) is 6.92 Å². The van der Waals surface area contributed by atoms with E-state index in [4.69, 9.17) is 0 Å². The van der Waals surface area contributed by atoms with Crippen molar-refractivity contribution in [1.29, 1.82) is 0 Å². The minimum absolute atomic E-state index is 0.256. The van der Waals surface area contributed by atoms with E-state index in [2.05, 4.69) is 20.0 Å². The number of Topliss-reactive ketones (excluding diaryl/α,β-unsaturated/α-hetero) is 1. The molecule has 0 saturated carbocycles. The lowest BCUT2D eigenvalue weighted by atomic mass is 9.78. The maximum absolute atomic E-state index is 10.8. The monoisotopic (exact) mass is 160 g/mol. The summed E-state index contributed by atoms with van der Waals surface area (Å²) in [5.41, 5.74) is 1.24. The van der Waals surface area contributed by atoms with Crippen LogP contribution >= 0.6 is 0 Å². The second-order valence-electron chi connectivity index (χ2n) is 3.22. The van der Waals surface area contributed by atoms with Gasteiger partial charge in [-0.15, -0.1) is 0 Å². The molecular weight excluding hydrogens is 147 g/mol. The SMILES string of the molecule is BC(CC(C)=O)c1ccccc1. The molecule has 1 aromatic rings. The van der Waals surface area contributed by atoms with Gasteiger partial charge in [0.1, 0.15) is 13.6 Å². The van der Waals surface area contributed by atoms with Crippen LogP contribution in [0.25, 0.3) is 0 Å². The molecule has 0 aliphatic carbocycles. The lowest BCUT2D eigenvalue weighted by molar-refractivity contribution is -0.117. The van der Waals surface area contributed by atoms with Gasteiger partial charge in [0.25, 0.3) is 0 Å². The number of hydrogen-bond acceptors (Lipinski definition) is 1. The predicted molar refractivity (Wildman–Crippen MR) is 53.0 cm³/mol. The molecule has 1 unspecified atom stereocenters. The Balaban J connectivity index is 2.65. The van der Waals surface area contributed by atoms with Crippen molar-refractivity contribution in [2.75, 3.05) is 0 Å². The van der Waals surface area contributed by atoms with Crippen LogP contribution in [-0.4, -0.2) is 13.6 Å². The third kappa shape index (κ3) is 2.53. The minimum Gasteiger partial charge on any atom is -0.300 e. The molecule has 1 aromatic carbocycles. The van der Waals surface area contributed by atoms with Crippen LogP contribution in [-0.2, 0) is 4.79 Å². The third-order valence-electron chi connectivity index (χ3n) is 1.96. The average Bonchev–Trinajstić information content (AvgIpc) is 2.05. The zero-order valence-electron chi connectivity index (χ0n) is 7.58. The zero-order chi connectivity index (χ0) is 8.97. The van der Waals surface area contributed by atoms with Gasteiger partial charge in [0.2, 0.25) is 0 Å². The number of rotatable bonds is 3. The Morgan fingerprint density at radius 2 is 2.00 bits per heavy atom. The molecule has 0 saturated heterocycles. The van der Waals surface area contributed by atoms with E-state index in [1.165, 1.54) is 5.56 Å². The minimum atomic E-state index is 0.256. The number of hydrogen-bond donors (Lipinski definition) is 0. The van der Waals surface area contributed by atoms with Crippen LogP contribution < -0.4 is 0 Å². The molecule has 62 valence electrons. The highest BCUT2D eigenvalue weighted by molar-refractivity contribution is 6.13. The number of carbonyl (C=O) groups is 1. The Labute approximate surface area is 74.2 Å². The fourth-order valence-electron chi connectivity index (χ4n) is 1.33. The Bertz CT molecular complexity index is 256. The Morgan fingerprint density at radius 3 is 2.50 bits per heavy atom. The molecule has 0 spiro atoms. The summed E-state index contributed by atoms with van der Waals surface area (Å²) in [5, 5.41) is 0. The quantitative estimate of drug-likeness (QED) is 0.609. The molecule has 0 aliphatic rings. The van der Waals surface area contributed by atoms with Gasteiger partial charge in [0.15, 0.2) is 0 Å². The fraction of sp³-hybridized carbons (Fsp3) is 0.300. The van der Waals surface area contributed by atoms with Gasteiger partial charge in [0, 0.05) is 6.42 Å². The molecule has 1 rings (SSSR count). The highest BCUT2D eigenvalue weighted by Crippen LogP contribution is 2.15. The molecule has 2 heteroatoms. The van der Waals surface area contributed by atoms with Crippen LogP contribution in [0.5, 0.6) is 0 Å². The largest absolute Gasteiger partial charge is 0.300 e. The summed E-state index contributed by atoms with van der Waals surface area (Å²) < 4.78 is 0. The molecule has 0 radical (unpaired) electrons. The van der Waals surface area contributed by atoms with Crippen molar-refractivity contribution in [2.24, 2.45) is 0 Å². The van der Waals surface area contributed by atoms with Crippen molar-refractivity contribution in [3.63, 3.8) is 0 Å². The van der Waals surface area contributed by atoms with E-state index in [9.17, 15) is 4.79 Å². The normalized spacial score (nSPS) is 12.4. The van der Waals surface area contributed by atoms with E-state index >= 15 is 0 Å². The first-order valence-electron chi connectivity index (χ1n) is 4.24. The molecule has 0 bridgehead atoms. The maximum Gasteiger partial charge on any atom is 0.129 e. The topological polar surface area (TPSA) is 17.1 Å². The molecule has 0 heterocycles. The number of ketones is 1. The van der Waals surface area contributed by atoms with Crippen molar-refractivity contribution >= 4 is 13.6 Å². The van der Waals surface area contributed by atoms with Gasteiger partial charge in [-0.2, -0.15) is 0 Å². The third-order valence-corrected chi connectivity index (χ3v) is 1.96. The molecule has 1 atom stereocenters. The molecule has 0 amide bonds. The Hall–Kier alpha value is -1.05. The summed E-state index contributed by atoms with van der Waals surface area (Å²) in [4.78, 5) is 10.8. The van der Waals surface area contributed by atoms with Gasteiger partial charge in [-0.3, -0.25) is 0 Å². The van der Waals surface area contributed by atoms with E-state index in [0.29, 0.717) is 12.2 Å². The molecule has 0 aliphatic heterocycles. The molecule has 12 heavy (non-hydrogen) atoms. The molecular formula is C10H13BO. The maximum atomic E-state index is 10.8. The lowest BCUT2D eigenvalue weighted by Gasteiger charge is -2.08. The second-order valence-corrected chi connectivity index (χ2v) is 3.22. The summed E-state index contributed by atoms with van der Waals surface area (Å²) in [6.07, 6.45) is 0.643. The molecule has 1 nitrogen and oxygen atoms in total.